The Morgan fingerprint density at radius 3 is 2.22 bits per heavy atom. The molecule has 0 aliphatic heterocycles. The maximum absolute atomic E-state index is 12.0. The molecule has 2 rings (SSSR count). The Kier molecular flexibility index (Phi) is 4.76. The second-order valence-electron chi connectivity index (χ2n) is 3.79. The Balaban J connectivity index is 0.00000162. The van der Waals surface area contributed by atoms with E-state index in [1.807, 2.05) is 19.1 Å². The molecule has 0 aliphatic rings. The second kappa shape index (κ2) is 5.89. The van der Waals surface area contributed by atoms with E-state index in [0.29, 0.717) is 5.69 Å². The van der Waals surface area contributed by atoms with Gasteiger partial charge in [-0.3, -0.25) is 4.72 Å². The molecule has 0 fully saturated rings. The van der Waals surface area contributed by atoms with Gasteiger partial charge in [0.15, 0.2) is 0 Å². The molecule has 0 amide bonds. The van der Waals surface area contributed by atoms with Crippen molar-refractivity contribution in [2.24, 2.45) is 0 Å². The van der Waals surface area contributed by atoms with Gasteiger partial charge in [0, 0.05) is 5.69 Å². The normalized spacial score (nSPS) is 10.5. The van der Waals surface area contributed by atoms with Crippen LogP contribution in [0, 0.1) is 6.92 Å². The molecular weight excluding hydrogens is 270 g/mol. The Hall–Kier alpha value is -1.52. The van der Waals surface area contributed by atoms with Crippen LogP contribution in [0.5, 0.6) is 0 Å². The highest BCUT2D eigenvalue weighted by Gasteiger charge is 2.12. The first-order valence-electron chi connectivity index (χ1n) is 5.22. The molecule has 0 aromatic heterocycles. The molecule has 0 bridgehead atoms. The fourth-order valence-electron chi connectivity index (χ4n) is 1.52. The highest BCUT2D eigenvalue weighted by molar-refractivity contribution is 7.92. The number of hydrogen-bond acceptors (Lipinski definition) is 2. The number of rotatable bonds is 3. The van der Waals surface area contributed by atoms with Crippen LogP contribution in [0.1, 0.15) is 5.56 Å². The molecule has 0 heterocycles. The van der Waals surface area contributed by atoms with E-state index >= 15 is 0 Å². The average Bonchev–Trinajstić information content (AvgIpc) is 2.29. The van der Waals surface area contributed by atoms with Crippen LogP contribution in [0.2, 0.25) is 0 Å². The van der Waals surface area contributed by atoms with Crippen LogP contribution in [-0.2, 0) is 10.0 Å². The standard InChI is InChI=1S/C13H13NO2S.ClH/c1-11-6-5-7-12(10-11)14-17(15,16)13-8-3-2-4-9-13;/h2-10,14H,1H3;1H. The highest BCUT2D eigenvalue weighted by Crippen LogP contribution is 2.16. The molecule has 0 spiro atoms. The minimum Gasteiger partial charge on any atom is -0.280 e. The van der Waals surface area contributed by atoms with Gasteiger partial charge in [0.25, 0.3) is 10.0 Å². The Bertz CT molecular complexity index is 612. The lowest BCUT2D eigenvalue weighted by atomic mass is 10.2. The molecule has 2 aromatic rings. The summed E-state index contributed by atoms with van der Waals surface area (Å²) in [7, 11) is -3.48. The third-order valence-electron chi connectivity index (χ3n) is 2.32. The smallest absolute Gasteiger partial charge is 0.261 e. The highest BCUT2D eigenvalue weighted by atomic mass is 35.5. The second-order valence-corrected chi connectivity index (χ2v) is 5.47. The van der Waals surface area contributed by atoms with Crippen molar-refractivity contribution in [3.63, 3.8) is 0 Å². The quantitative estimate of drug-likeness (QED) is 0.940. The van der Waals surface area contributed by atoms with Crippen molar-refractivity contribution in [1.82, 2.24) is 0 Å². The van der Waals surface area contributed by atoms with Crippen molar-refractivity contribution >= 4 is 28.1 Å². The monoisotopic (exact) mass is 283 g/mol. The molecule has 5 heteroatoms. The number of sulfonamides is 1. The molecule has 0 atom stereocenters. The lowest BCUT2D eigenvalue weighted by Crippen LogP contribution is -2.12. The van der Waals surface area contributed by atoms with E-state index in [0.717, 1.165) is 5.56 Å². The molecule has 18 heavy (non-hydrogen) atoms. The van der Waals surface area contributed by atoms with Crippen LogP contribution in [0.3, 0.4) is 0 Å². The number of halogens is 1. The first-order valence-corrected chi connectivity index (χ1v) is 6.71. The van der Waals surface area contributed by atoms with E-state index in [1.165, 1.54) is 0 Å². The molecule has 2 aromatic carbocycles. The maximum atomic E-state index is 12.0. The first kappa shape index (κ1) is 14.5. The fraction of sp³-hybridized carbons (Fsp3) is 0.0769. The average molecular weight is 284 g/mol. The van der Waals surface area contributed by atoms with Gasteiger partial charge in [0.05, 0.1) is 4.90 Å². The van der Waals surface area contributed by atoms with Crippen LogP contribution >= 0.6 is 12.4 Å². The van der Waals surface area contributed by atoms with Crippen molar-refractivity contribution in [3.05, 3.63) is 60.2 Å². The summed E-state index contributed by atoms with van der Waals surface area (Å²) in [6.45, 7) is 1.92. The van der Waals surface area contributed by atoms with Gasteiger partial charge in [-0.25, -0.2) is 8.42 Å². The number of hydrogen-bond donors (Lipinski definition) is 1. The predicted octanol–water partition coefficient (Wildman–Crippen LogP) is 3.22. The van der Waals surface area contributed by atoms with Crippen molar-refractivity contribution in [1.29, 1.82) is 0 Å². The van der Waals surface area contributed by atoms with E-state index in [9.17, 15) is 8.42 Å². The van der Waals surface area contributed by atoms with Crippen molar-refractivity contribution < 1.29 is 8.42 Å². The summed E-state index contributed by atoms with van der Waals surface area (Å²) in [5.41, 5.74) is 1.59. The zero-order chi connectivity index (χ0) is 12.3. The molecule has 0 saturated carbocycles. The summed E-state index contributed by atoms with van der Waals surface area (Å²) < 4.78 is 26.6. The third kappa shape index (κ3) is 3.48. The molecular formula is C13H14ClNO2S. The van der Waals surface area contributed by atoms with E-state index in [1.54, 1.807) is 42.5 Å². The van der Waals surface area contributed by atoms with Crippen LogP contribution in [0.15, 0.2) is 59.5 Å². The molecule has 0 saturated heterocycles. The van der Waals surface area contributed by atoms with Crippen LogP contribution in [0.25, 0.3) is 0 Å². The zero-order valence-corrected chi connectivity index (χ0v) is 11.5. The van der Waals surface area contributed by atoms with E-state index < -0.39 is 10.0 Å². The van der Waals surface area contributed by atoms with Gasteiger partial charge in [0.1, 0.15) is 0 Å². The Morgan fingerprint density at radius 1 is 0.944 bits per heavy atom. The first-order chi connectivity index (χ1) is 8.08. The lowest BCUT2D eigenvalue weighted by molar-refractivity contribution is 0.601. The van der Waals surface area contributed by atoms with Gasteiger partial charge >= 0.3 is 0 Å². The summed E-state index contributed by atoms with van der Waals surface area (Å²) in [5, 5.41) is 0. The number of benzene rings is 2. The maximum Gasteiger partial charge on any atom is 0.261 e. The van der Waals surface area contributed by atoms with Gasteiger partial charge in [-0.1, -0.05) is 30.3 Å². The number of aryl methyl sites for hydroxylation is 1. The topological polar surface area (TPSA) is 46.2 Å². The Labute approximate surface area is 113 Å². The summed E-state index contributed by atoms with van der Waals surface area (Å²) in [6, 6.07) is 15.6. The summed E-state index contributed by atoms with van der Waals surface area (Å²) >= 11 is 0. The van der Waals surface area contributed by atoms with Crippen LogP contribution < -0.4 is 4.72 Å². The number of nitrogens with one attached hydrogen (secondary N) is 1. The van der Waals surface area contributed by atoms with E-state index in [4.69, 9.17) is 0 Å². The summed E-state index contributed by atoms with van der Waals surface area (Å²) in [4.78, 5) is 0.265. The predicted molar refractivity (Wildman–Crippen MR) is 75.7 cm³/mol. The van der Waals surface area contributed by atoms with Crippen molar-refractivity contribution in [2.45, 2.75) is 11.8 Å². The molecule has 0 aliphatic carbocycles. The minimum absolute atomic E-state index is 0. The van der Waals surface area contributed by atoms with Crippen molar-refractivity contribution in [2.75, 3.05) is 4.72 Å². The Morgan fingerprint density at radius 2 is 1.61 bits per heavy atom. The van der Waals surface area contributed by atoms with E-state index in [-0.39, 0.29) is 17.3 Å². The van der Waals surface area contributed by atoms with Gasteiger partial charge in [0.2, 0.25) is 0 Å². The van der Waals surface area contributed by atoms with Gasteiger partial charge < -0.3 is 0 Å². The molecule has 0 radical (unpaired) electrons. The van der Waals surface area contributed by atoms with Gasteiger partial charge in [-0.05, 0) is 36.8 Å². The molecule has 96 valence electrons. The largest absolute Gasteiger partial charge is 0.280 e. The van der Waals surface area contributed by atoms with Gasteiger partial charge in [-0.15, -0.1) is 12.4 Å². The van der Waals surface area contributed by atoms with Gasteiger partial charge in [-0.2, -0.15) is 0 Å². The van der Waals surface area contributed by atoms with Crippen molar-refractivity contribution in [3.8, 4) is 0 Å². The molecule has 0 unspecified atom stereocenters. The zero-order valence-electron chi connectivity index (χ0n) is 9.83. The number of anilines is 1. The van der Waals surface area contributed by atoms with Crippen LogP contribution in [-0.4, -0.2) is 8.42 Å². The molecule has 1 N–H and O–H groups in total. The third-order valence-corrected chi connectivity index (χ3v) is 3.72. The minimum atomic E-state index is -3.48. The molecule has 3 nitrogen and oxygen atoms in total. The van der Waals surface area contributed by atoms with E-state index in [2.05, 4.69) is 4.72 Å². The fourth-order valence-corrected chi connectivity index (χ4v) is 2.59. The SMILES string of the molecule is Cc1cccc(NS(=O)(=O)c2ccccc2)c1.Cl. The van der Waals surface area contributed by atoms with Crippen LogP contribution in [0.4, 0.5) is 5.69 Å². The summed E-state index contributed by atoms with van der Waals surface area (Å²) in [6.07, 6.45) is 0. The summed E-state index contributed by atoms with van der Waals surface area (Å²) in [5.74, 6) is 0. The lowest BCUT2D eigenvalue weighted by Gasteiger charge is -2.08.